The first-order valence-corrected chi connectivity index (χ1v) is 7.89. The van der Waals surface area contributed by atoms with Crippen LogP contribution in [0.1, 0.15) is 62.0 Å². The van der Waals surface area contributed by atoms with Crippen LogP contribution in [0.2, 0.25) is 0 Å². The molecule has 0 radical (unpaired) electrons. The summed E-state index contributed by atoms with van der Waals surface area (Å²) in [6.07, 6.45) is 3.67. The molecule has 3 rings (SSSR count). The van der Waals surface area contributed by atoms with Crippen LogP contribution in [-0.4, -0.2) is 6.04 Å². The molecule has 1 aliphatic rings. The van der Waals surface area contributed by atoms with Gasteiger partial charge in [0.1, 0.15) is 11.3 Å². The van der Waals surface area contributed by atoms with Crippen LogP contribution in [0.4, 0.5) is 0 Å². The standard InChI is InChI=1S/C18H25NO/c1-5-14-16(10-19-13-7-8-13)20-18-15(11(2)3)9-6-12(4)17(14)18/h6,9,11,13,19H,5,7-8,10H2,1-4H3. The first kappa shape index (κ1) is 13.7. The van der Waals surface area contributed by atoms with E-state index in [1.807, 2.05) is 0 Å². The molecule has 0 bridgehead atoms. The van der Waals surface area contributed by atoms with Crippen LogP contribution in [0.3, 0.4) is 0 Å². The molecule has 0 aliphatic heterocycles. The van der Waals surface area contributed by atoms with Gasteiger partial charge < -0.3 is 9.73 Å². The summed E-state index contributed by atoms with van der Waals surface area (Å²) in [5.74, 6) is 1.64. The third-order valence-corrected chi connectivity index (χ3v) is 4.36. The highest BCUT2D eigenvalue weighted by Gasteiger charge is 2.23. The molecule has 1 saturated carbocycles. The molecule has 0 unspecified atom stereocenters. The van der Waals surface area contributed by atoms with Crippen LogP contribution in [0.5, 0.6) is 0 Å². The lowest BCUT2D eigenvalue weighted by molar-refractivity contribution is 0.504. The van der Waals surface area contributed by atoms with Crippen LogP contribution in [0.25, 0.3) is 11.0 Å². The van der Waals surface area contributed by atoms with E-state index in [0.29, 0.717) is 5.92 Å². The van der Waals surface area contributed by atoms with Crippen LogP contribution < -0.4 is 5.32 Å². The molecule has 0 amide bonds. The van der Waals surface area contributed by atoms with E-state index in [9.17, 15) is 0 Å². The third-order valence-electron chi connectivity index (χ3n) is 4.36. The van der Waals surface area contributed by atoms with Crippen molar-refractivity contribution in [2.45, 2.75) is 65.5 Å². The third kappa shape index (κ3) is 2.37. The molecule has 2 heteroatoms. The van der Waals surface area contributed by atoms with Gasteiger partial charge in [0.15, 0.2) is 0 Å². The Hall–Kier alpha value is -1.28. The quantitative estimate of drug-likeness (QED) is 0.854. The first-order chi connectivity index (χ1) is 9.61. The number of nitrogens with one attached hydrogen (secondary N) is 1. The minimum Gasteiger partial charge on any atom is -0.459 e. The molecule has 1 heterocycles. The zero-order chi connectivity index (χ0) is 14.3. The summed E-state index contributed by atoms with van der Waals surface area (Å²) in [5, 5.41) is 4.94. The van der Waals surface area contributed by atoms with Crippen molar-refractivity contribution in [3.05, 3.63) is 34.6 Å². The van der Waals surface area contributed by atoms with Gasteiger partial charge in [-0.05, 0) is 43.2 Å². The highest BCUT2D eigenvalue weighted by Crippen LogP contribution is 2.35. The number of rotatable bonds is 5. The highest BCUT2D eigenvalue weighted by molar-refractivity contribution is 5.88. The molecular formula is C18H25NO. The molecule has 1 aliphatic carbocycles. The fourth-order valence-electron chi connectivity index (χ4n) is 3.00. The minimum atomic E-state index is 0.498. The second-order valence-corrected chi connectivity index (χ2v) is 6.34. The maximum absolute atomic E-state index is 6.28. The van der Waals surface area contributed by atoms with E-state index in [4.69, 9.17) is 4.42 Å². The molecule has 20 heavy (non-hydrogen) atoms. The monoisotopic (exact) mass is 271 g/mol. The normalized spacial score (nSPS) is 15.4. The fraction of sp³-hybridized carbons (Fsp3) is 0.556. The van der Waals surface area contributed by atoms with Crippen molar-refractivity contribution in [3.8, 4) is 0 Å². The molecule has 0 saturated heterocycles. The predicted molar refractivity (Wildman–Crippen MR) is 84.3 cm³/mol. The van der Waals surface area contributed by atoms with Crippen molar-refractivity contribution >= 4 is 11.0 Å². The summed E-state index contributed by atoms with van der Waals surface area (Å²) >= 11 is 0. The molecule has 0 spiro atoms. The summed E-state index contributed by atoms with van der Waals surface area (Å²) in [4.78, 5) is 0. The van der Waals surface area contributed by atoms with Crippen molar-refractivity contribution < 1.29 is 4.42 Å². The van der Waals surface area contributed by atoms with E-state index in [-0.39, 0.29) is 0 Å². The van der Waals surface area contributed by atoms with Gasteiger partial charge >= 0.3 is 0 Å². The lowest BCUT2D eigenvalue weighted by Crippen LogP contribution is -2.15. The first-order valence-electron chi connectivity index (χ1n) is 7.89. The van der Waals surface area contributed by atoms with Gasteiger partial charge in [-0.3, -0.25) is 0 Å². The van der Waals surface area contributed by atoms with E-state index in [1.54, 1.807) is 0 Å². The summed E-state index contributed by atoms with van der Waals surface area (Å²) in [7, 11) is 0. The topological polar surface area (TPSA) is 25.2 Å². The average Bonchev–Trinajstić information content (AvgIpc) is 3.16. The van der Waals surface area contributed by atoms with Crippen LogP contribution in [-0.2, 0) is 13.0 Å². The summed E-state index contributed by atoms with van der Waals surface area (Å²) in [6, 6.07) is 5.19. The van der Waals surface area contributed by atoms with Crippen LogP contribution in [0, 0.1) is 6.92 Å². The Labute approximate surface area is 121 Å². The number of fused-ring (bicyclic) bond motifs is 1. The molecule has 1 fully saturated rings. The number of hydrogen-bond acceptors (Lipinski definition) is 2. The zero-order valence-electron chi connectivity index (χ0n) is 13.0. The number of aryl methyl sites for hydroxylation is 2. The Balaban J connectivity index is 2.10. The maximum Gasteiger partial charge on any atom is 0.138 e. The molecule has 108 valence electrons. The summed E-state index contributed by atoms with van der Waals surface area (Å²) in [5.41, 5.74) is 5.18. The van der Waals surface area contributed by atoms with Crippen LogP contribution in [0.15, 0.2) is 16.5 Å². The number of benzene rings is 1. The molecule has 0 atom stereocenters. The maximum atomic E-state index is 6.28. The average molecular weight is 271 g/mol. The summed E-state index contributed by atoms with van der Waals surface area (Å²) < 4.78 is 6.28. The Bertz CT molecular complexity index is 620. The molecule has 2 aromatic rings. The van der Waals surface area contributed by atoms with Gasteiger partial charge in [0.2, 0.25) is 0 Å². The Morgan fingerprint density at radius 2 is 2.05 bits per heavy atom. The zero-order valence-corrected chi connectivity index (χ0v) is 13.0. The van der Waals surface area contributed by atoms with Gasteiger partial charge in [0, 0.05) is 17.0 Å². The van der Waals surface area contributed by atoms with Crippen molar-refractivity contribution in [2.24, 2.45) is 0 Å². The van der Waals surface area contributed by atoms with Crippen molar-refractivity contribution in [1.29, 1.82) is 0 Å². The largest absolute Gasteiger partial charge is 0.459 e. The second-order valence-electron chi connectivity index (χ2n) is 6.34. The lowest BCUT2D eigenvalue weighted by atomic mass is 9.96. The van der Waals surface area contributed by atoms with Gasteiger partial charge in [-0.2, -0.15) is 0 Å². The minimum absolute atomic E-state index is 0.498. The Kier molecular flexibility index (Phi) is 3.59. The number of hydrogen-bond donors (Lipinski definition) is 1. The predicted octanol–water partition coefficient (Wildman–Crippen LogP) is 4.68. The Morgan fingerprint density at radius 3 is 2.65 bits per heavy atom. The van der Waals surface area contributed by atoms with E-state index >= 15 is 0 Å². The highest BCUT2D eigenvalue weighted by atomic mass is 16.3. The molecule has 1 aromatic carbocycles. The van der Waals surface area contributed by atoms with Crippen molar-refractivity contribution in [3.63, 3.8) is 0 Å². The van der Waals surface area contributed by atoms with Gasteiger partial charge in [-0.1, -0.05) is 32.9 Å². The molecule has 1 N–H and O–H groups in total. The molecule has 1 aromatic heterocycles. The van der Waals surface area contributed by atoms with Gasteiger partial charge in [0.25, 0.3) is 0 Å². The van der Waals surface area contributed by atoms with Gasteiger partial charge in [-0.15, -0.1) is 0 Å². The Morgan fingerprint density at radius 1 is 1.30 bits per heavy atom. The van der Waals surface area contributed by atoms with E-state index in [2.05, 4.69) is 45.1 Å². The van der Waals surface area contributed by atoms with E-state index < -0.39 is 0 Å². The second kappa shape index (κ2) is 5.25. The number of furan rings is 1. The molecular weight excluding hydrogens is 246 g/mol. The smallest absolute Gasteiger partial charge is 0.138 e. The van der Waals surface area contributed by atoms with Gasteiger partial charge in [-0.25, -0.2) is 0 Å². The SMILES string of the molecule is CCc1c(CNC2CC2)oc2c(C(C)C)ccc(C)c12. The summed E-state index contributed by atoms with van der Waals surface area (Å²) in [6.45, 7) is 9.77. The molecule has 2 nitrogen and oxygen atoms in total. The fourth-order valence-corrected chi connectivity index (χ4v) is 3.00. The van der Waals surface area contributed by atoms with Crippen molar-refractivity contribution in [2.75, 3.05) is 0 Å². The van der Waals surface area contributed by atoms with E-state index in [1.165, 1.54) is 34.9 Å². The van der Waals surface area contributed by atoms with E-state index in [0.717, 1.165) is 30.4 Å². The van der Waals surface area contributed by atoms with Gasteiger partial charge in [0.05, 0.1) is 6.54 Å². The van der Waals surface area contributed by atoms with Crippen LogP contribution >= 0.6 is 0 Å². The van der Waals surface area contributed by atoms with Crippen molar-refractivity contribution in [1.82, 2.24) is 5.32 Å². The lowest BCUT2D eigenvalue weighted by Gasteiger charge is -2.07.